The molecule has 1 aliphatic heterocycles. The fraction of sp³-hybridized carbons (Fsp3) is 0.273. The summed E-state index contributed by atoms with van der Waals surface area (Å²) < 4.78 is 1.94. The summed E-state index contributed by atoms with van der Waals surface area (Å²) in [7, 11) is 1.95. The maximum atomic E-state index is 13.0. The average Bonchev–Trinajstić information content (AvgIpc) is 3.25. The minimum absolute atomic E-state index is 0.0120. The minimum atomic E-state index is 0.0120. The van der Waals surface area contributed by atoms with Crippen LogP contribution in [0.15, 0.2) is 49.4 Å². The maximum absolute atomic E-state index is 13.0. The second kappa shape index (κ2) is 7.03. The molecule has 6 nitrogen and oxygen atoms in total. The Balaban J connectivity index is 1.62. The molecule has 0 saturated heterocycles. The predicted molar refractivity (Wildman–Crippen MR) is 109 cm³/mol. The summed E-state index contributed by atoms with van der Waals surface area (Å²) in [6, 6.07) is 9.98. The molecule has 3 aromatic rings. The van der Waals surface area contributed by atoms with E-state index >= 15 is 0 Å². The summed E-state index contributed by atoms with van der Waals surface area (Å²) in [5.74, 6) is 1.22. The lowest BCUT2D eigenvalue weighted by molar-refractivity contribution is 0.0996. The Morgan fingerprint density at radius 2 is 2.14 bits per heavy atom. The molecule has 0 N–H and O–H groups in total. The summed E-state index contributed by atoms with van der Waals surface area (Å²) in [6.07, 6.45) is 4.19. The molecular weight excluding hydrogens is 350 g/mol. The van der Waals surface area contributed by atoms with Crippen LogP contribution in [0.5, 0.6) is 0 Å². The molecule has 1 atom stereocenters. The molecule has 3 heterocycles. The average molecular weight is 373 g/mol. The molecule has 142 valence electrons. The number of pyridine rings is 1. The largest absolute Gasteiger partial charge is 0.321 e. The van der Waals surface area contributed by atoms with Crippen molar-refractivity contribution in [1.82, 2.24) is 19.7 Å². The first-order valence-electron chi connectivity index (χ1n) is 9.34. The van der Waals surface area contributed by atoms with Gasteiger partial charge in [-0.2, -0.15) is 0 Å². The highest BCUT2D eigenvalue weighted by atomic mass is 16.2. The Kier molecular flexibility index (Phi) is 4.55. The Bertz CT molecular complexity index is 1070. The second-order valence-corrected chi connectivity index (χ2v) is 7.42. The molecule has 1 aliphatic rings. The van der Waals surface area contributed by atoms with Crippen LogP contribution in [-0.4, -0.2) is 25.7 Å². The Morgan fingerprint density at radius 3 is 2.86 bits per heavy atom. The van der Waals surface area contributed by atoms with Crippen molar-refractivity contribution in [3.63, 3.8) is 0 Å². The number of carbonyl (C=O) groups is 1. The number of benzene rings is 1. The number of amides is 1. The highest BCUT2D eigenvalue weighted by Gasteiger charge is 2.31. The third-order valence-electron chi connectivity index (χ3n) is 5.30. The van der Waals surface area contributed by atoms with E-state index in [4.69, 9.17) is 0 Å². The number of anilines is 1. The number of aryl methyl sites for hydroxylation is 1. The van der Waals surface area contributed by atoms with Crippen molar-refractivity contribution in [3.05, 3.63) is 77.6 Å². The topological polar surface area (TPSA) is 63.9 Å². The molecule has 6 heteroatoms. The number of allylic oxidation sites excluding steroid dienone is 1. The number of aromatic nitrogens is 4. The first-order valence-corrected chi connectivity index (χ1v) is 9.34. The summed E-state index contributed by atoms with van der Waals surface area (Å²) in [5.41, 5.74) is 5.43. The SMILES string of the molecule is C=C(C)c1nccc2c1CN(c1cccc([C@H](C)Cc3nncn3C)c1)C2=O. The highest BCUT2D eigenvalue weighted by Crippen LogP contribution is 2.33. The lowest BCUT2D eigenvalue weighted by Crippen LogP contribution is -2.23. The number of nitrogens with zero attached hydrogens (tertiary/aromatic N) is 5. The second-order valence-electron chi connectivity index (χ2n) is 7.42. The molecule has 0 radical (unpaired) electrons. The molecular formula is C22H23N5O. The monoisotopic (exact) mass is 373 g/mol. The number of rotatable bonds is 5. The summed E-state index contributed by atoms with van der Waals surface area (Å²) in [6.45, 7) is 8.60. The fourth-order valence-corrected chi connectivity index (χ4v) is 3.69. The molecule has 1 aromatic carbocycles. The lowest BCUT2D eigenvalue weighted by Gasteiger charge is -2.19. The van der Waals surface area contributed by atoms with Gasteiger partial charge in [-0.25, -0.2) is 0 Å². The number of fused-ring (bicyclic) bond motifs is 1. The van der Waals surface area contributed by atoms with E-state index in [0.717, 1.165) is 34.8 Å². The third kappa shape index (κ3) is 3.11. The van der Waals surface area contributed by atoms with Gasteiger partial charge in [0.05, 0.1) is 12.2 Å². The van der Waals surface area contributed by atoms with Gasteiger partial charge < -0.3 is 9.47 Å². The normalized spacial score (nSPS) is 14.2. The van der Waals surface area contributed by atoms with Crippen molar-refractivity contribution in [3.8, 4) is 0 Å². The maximum Gasteiger partial charge on any atom is 0.259 e. The molecule has 0 bridgehead atoms. The Hall–Kier alpha value is -3.28. The minimum Gasteiger partial charge on any atom is -0.321 e. The molecule has 1 amide bonds. The van der Waals surface area contributed by atoms with Crippen LogP contribution in [0.25, 0.3) is 5.57 Å². The molecule has 0 spiro atoms. The van der Waals surface area contributed by atoms with Gasteiger partial charge in [0.25, 0.3) is 5.91 Å². The number of hydrogen-bond donors (Lipinski definition) is 0. The van der Waals surface area contributed by atoms with E-state index in [1.165, 1.54) is 5.56 Å². The highest BCUT2D eigenvalue weighted by molar-refractivity contribution is 6.10. The van der Waals surface area contributed by atoms with Crippen LogP contribution in [0, 0.1) is 0 Å². The van der Waals surface area contributed by atoms with Crippen LogP contribution in [0.3, 0.4) is 0 Å². The van der Waals surface area contributed by atoms with Crippen molar-refractivity contribution in [1.29, 1.82) is 0 Å². The third-order valence-corrected chi connectivity index (χ3v) is 5.30. The number of hydrogen-bond acceptors (Lipinski definition) is 4. The van der Waals surface area contributed by atoms with E-state index in [1.54, 1.807) is 18.6 Å². The van der Waals surface area contributed by atoms with Crippen molar-refractivity contribution in [2.24, 2.45) is 7.05 Å². The van der Waals surface area contributed by atoms with Gasteiger partial charge in [0.2, 0.25) is 0 Å². The predicted octanol–water partition coefficient (Wildman–Crippen LogP) is 3.75. The quantitative estimate of drug-likeness (QED) is 0.683. The molecule has 28 heavy (non-hydrogen) atoms. The molecule has 0 aliphatic carbocycles. The molecule has 0 unspecified atom stereocenters. The van der Waals surface area contributed by atoms with Crippen molar-refractivity contribution in [2.75, 3.05) is 4.90 Å². The van der Waals surface area contributed by atoms with Crippen LogP contribution in [0.2, 0.25) is 0 Å². The smallest absolute Gasteiger partial charge is 0.259 e. The lowest BCUT2D eigenvalue weighted by atomic mass is 9.97. The molecule has 0 saturated carbocycles. The van der Waals surface area contributed by atoms with Gasteiger partial charge in [0.1, 0.15) is 12.2 Å². The summed E-state index contributed by atoms with van der Waals surface area (Å²) in [4.78, 5) is 19.2. The molecule has 2 aromatic heterocycles. The first kappa shape index (κ1) is 18.1. The Morgan fingerprint density at radius 1 is 1.32 bits per heavy atom. The zero-order valence-corrected chi connectivity index (χ0v) is 16.4. The van der Waals surface area contributed by atoms with E-state index in [9.17, 15) is 4.79 Å². The van der Waals surface area contributed by atoms with Gasteiger partial charge in [-0.3, -0.25) is 9.78 Å². The van der Waals surface area contributed by atoms with Gasteiger partial charge in [-0.1, -0.05) is 25.6 Å². The van der Waals surface area contributed by atoms with Crippen LogP contribution < -0.4 is 4.90 Å². The van der Waals surface area contributed by atoms with Gasteiger partial charge in [0.15, 0.2) is 0 Å². The first-order chi connectivity index (χ1) is 13.5. The summed E-state index contributed by atoms with van der Waals surface area (Å²) >= 11 is 0. The van der Waals surface area contributed by atoms with Crippen molar-refractivity contribution < 1.29 is 4.79 Å². The van der Waals surface area contributed by atoms with Crippen LogP contribution in [0.4, 0.5) is 5.69 Å². The van der Waals surface area contributed by atoms with E-state index < -0.39 is 0 Å². The van der Waals surface area contributed by atoms with E-state index in [0.29, 0.717) is 12.1 Å². The van der Waals surface area contributed by atoms with Crippen LogP contribution in [0.1, 0.15) is 52.8 Å². The summed E-state index contributed by atoms with van der Waals surface area (Å²) in [5, 5.41) is 8.13. The van der Waals surface area contributed by atoms with Crippen molar-refractivity contribution >= 4 is 17.2 Å². The van der Waals surface area contributed by atoms with E-state index in [-0.39, 0.29) is 11.8 Å². The zero-order chi connectivity index (χ0) is 19.8. The van der Waals surface area contributed by atoms with Crippen molar-refractivity contribution in [2.45, 2.75) is 32.7 Å². The van der Waals surface area contributed by atoms with E-state index in [1.807, 2.05) is 35.6 Å². The van der Waals surface area contributed by atoms with Crippen LogP contribution >= 0.6 is 0 Å². The van der Waals surface area contributed by atoms with Gasteiger partial charge in [0, 0.05) is 36.5 Å². The fourth-order valence-electron chi connectivity index (χ4n) is 3.69. The van der Waals surface area contributed by atoms with Gasteiger partial charge in [-0.05, 0) is 42.2 Å². The van der Waals surface area contributed by atoms with Gasteiger partial charge in [-0.15, -0.1) is 10.2 Å². The number of carbonyl (C=O) groups excluding carboxylic acids is 1. The van der Waals surface area contributed by atoms with Gasteiger partial charge >= 0.3 is 0 Å². The standard InChI is InChI=1S/C22H23N5O/c1-14(2)21-19-12-27(22(28)18(19)8-9-23-21)17-7-5-6-16(11-17)15(3)10-20-25-24-13-26(20)4/h5-9,11,13,15H,1,10,12H2,2-4H3/t15-/m1/s1. The Labute approximate surface area is 164 Å². The molecule has 0 fully saturated rings. The zero-order valence-electron chi connectivity index (χ0n) is 16.4. The molecule has 4 rings (SSSR count). The van der Waals surface area contributed by atoms with Crippen LogP contribution in [-0.2, 0) is 20.0 Å². The van der Waals surface area contributed by atoms with E-state index in [2.05, 4.69) is 40.8 Å².